The second-order valence-electron chi connectivity index (χ2n) is 2.72. The Bertz CT molecular complexity index is 308. The van der Waals surface area contributed by atoms with Gasteiger partial charge in [-0.15, -0.1) is 0 Å². The summed E-state index contributed by atoms with van der Waals surface area (Å²) in [7, 11) is -7.10. The molecule has 0 heterocycles. The first-order chi connectivity index (χ1) is 5.75. The molecule has 0 aliphatic heterocycles. The van der Waals surface area contributed by atoms with Crippen LogP contribution in [0.15, 0.2) is 0 Å². The summed E-state index contributed by atoms with van der Waals surface area (Å²) in [5.41, 5.74) is 0. The van der Waals surface area contributed by atoms with E-state index in [0.29, 0.717) is 0 Å². The van der Waals surface area contributed by atoms with Crippen LogP contribution in [0.25, 0.3) is 0 Å². The van der Waals surface area contributed by atoms with Gasteiger partial charge in [-0.25, -0.2) is 8.42 Å². The van der Waals surface area contributed by atoms with Crippen LogP contribution in [0.3, 0.4) is 0 Å². The molecule has 2 unspecified atom stereocenters. The first kappa shape index (κ1) is 12.8. The summed E-state index contributed by atoms with van der Waals surface area (Å²) in [6, 6.07) is 0. The molecule has 0 radical (unpaired) electrons. The van der Waals surface area contributed by atoms with Crippen molar-refractivity contribution in [3.05, 3.63) is 0 Å². The molecule has 8 heteroatoms. The standard InChI is InChI=1S/C5H12O6S2/c1-4(3-11-12(6)7)5(2)13(8,9)10/h4-5,12H,3H2,1-2H3,(H,8,9,10). The topological polar surface area (TPSA) is 97.7 Å². The average Bonchev–Trinajstić information content (AvgIpc) is 1.96. The molecule has 0 aromatic heterocycles. The van der Waals surface area contributed by atoms with Crippen LogP contribution in [-0.2, 0) is 25.3 Å². The Morgan fingerprint density at radius 3 is 2.15 bits per heavy atom. The van der Waals surface area contributed by atoms with Crippen LogP contribution in [0.1, 0.15) is 13.8 Å². The van der Waals surface area contributed by atoms with Crippen molar-refractivity contribution >= 4 is 21.1 Å². The van der Waals surface area contributed by atoms with Gasteiger partial charge in [-0.3, -0.25) is 8.74 Å². The SMILES string of the molecule is CC(CO[SH](=O)=O)C(C)S(=O)(=O)O. The summed E-state index contributed by atoms with van der Waals surface area (Å²) in [4.78, 5) is 0. The lowest BCUT2D eigenvalue weighted by Crippen LogP contribution is -2.27. The van der Waals surface area contributed by atoms with Crippen molar-refractivity contribution in [3.8, 4) is 0 Å². The maximum atomic E-state index is 10.6. The van der Waals surface area contributed by atoms with Gasteiger partial charge in [0.05, 0.1) is 11.9 Å². The third-order valence-electron chi connectivity index (χ3n) is 1.71. The Balaban J connectivity index is 4.20. The smallest absolute Gasteiger partial charge is 0.267 e. The maximum Gasteiger partial charge on any atom is 0.267 e. The normalized spacial score (nSPS) is 17.2. The van der Waals surface area contributed by atoms with Crippen LogP contribution >= 0.6 is 0 Å². The monoisotopic (exact) mass is 232 g/mol. The highest BCUT2D eigenvalue weighted by Gasteiger charge is 2.24. The minimum Gasteiger partial charge on any atom is -0.285 e. The van der Waals surface area contributed by atoms with Crippen molar-refractivity contribution in [2.45, 2.75) is 19.1 Å². The van der Waals surface area contributed by atoms with Crippen molar-refractivity contribution in [3.63, 3.8) is 0 Å². The van der Waals surface area contributed by atoms with Crippen molar-refractivity contribution in [2.24, 2.45) is 5.92 Å². The molecule has 0 aliphatic carbocycles. The van der Waals surface area contributed by atoms with Gasteiger partial charge in [0.2, 0.25) is 0 Å². The molecule has 13 heavy (non-hydrogen) atoms. The first-order valence-electron chi connectivity index (χ1n) is 3.48. The van der Waals surface area contributed by atoms with Crippen LogP contribution in [0.4, 0.5) is 0 Å². The molecule has 0 spiro atoms. The Labute approximate surface area is 78.8 Å². The van der Waals surface area contributed by atoms with Crippen molar-refractivity contribution < 1.29 is 25.6 Å². The fraction of sp³-hybridized carbons (Fsp3) is 1.00. The fourth-order valence-electron chi connectivity index (χ4n) is 0.608. The zero-order chi connectivity index (χ0) is 10.6. The van der Waals surface area contributed by atoms with E-state index in [1.807, 2.05) is 0 Å². The summed E-state index contributed by atoms with van der Waals surface area (Å²) in [5.74, 6) is -0.581. The van der Waals surface area contributed by atoms with Crippen LogP contribution in [0.2, 0.25) is 0 Å². The second-order valence-corrected chi connectivity index (χ2v) is 5.20. The van der Waals surface area contributed by atoms with Gasteiger partial charge in [0.25, 0.3) is 21.1 Å². The molecular formula is C5H12O6S2. The highest BCUT2D eigenvalue weighted by Crippen LogP contribution is 2.11. The van der Waals surface area contributed by atoms with E-state index >= 15 is 0 Å². The third kappa shape index (κ3) is 5.19. The molecule has 80 valence electrons. The fourth-order valence-corrected chi connectivity index (χ4v) is 1.63. The lowest BCUT2D eigenvalue weighted by molar-refractivity contribution is 0.268. The van der Waals surface area contributed by atoms with E-state index in [1.54, 1.807) is 0 Å². The lowest BCUT2D eigenvalue weighted by Gasteiger charge is -2.14. The molecule has 0 bridgehead atoms. The highest BCUT2D eigenvalue weighted by atomic mass is 32.2. The Hall–Kier alpha value is -0.180. The predicted octanol–water partition coefficient (Wildman–Crippen LogP) is -0.558. The van der Waals surface area contributed by atoms with Gasteiger partial charge in [0.1, 0.15) is 0 Å². The highest BCUT2D eigenvalue weighted by molar-refractivity contribution is 7.86. The van der Waals surface area contributed by atoms with Crippen molar-refractivity contribution in [2.75, 3.05) is 6.61 Å². The molecule has 0 saturated carbocycles. The van der Waals surface area contributed by atoms with Gasteiger partial charge in [0, 0.05) is 0 Å². The van der Waals surface area contributed by atoms with Gasteiger partial charge < -0.3 is 0 Å². The van der Waals surface area contributed by atoms with E-state index in [-0.39, 0.29) is 6.61 Å². The van der Waals surface area contributed by atoms with Crippen LogP contribution in [0, 0.1) is 5.92 Å². The van der Waals surface area contributed by atoms with Crippen LogP contribution in [-0.4, -0.2) is 33.2 Å². The lowest BCUT2D eigenvalue weighted by atomic mass is 10.1. The van der Waals surface area contributed by atoms with Crippen LogP contribution < -0.4 is 0 Å². The number of hydrogen-bond donors (Lipinski definition) is 2. The van der Waals surface area contributed by atoms with E-state index in [9.17, 15) is 16.8 Å². The van der Waals surface area contributed by atoms with E-state index < -0.39 is 32.3 Å². The largest absolute Gasteiger partial charge is 0.285 e. The maximum absolute atomic E-state index is 10.6. The minimum absolute atomic E-state index is 0.250. The zero-order valence-corrected chi connectivity index (χ0v) is 8.92. The summed E-state index contributed by atoms with van der Waals surface area (Å²) < 4.78 is 53.9. The van der Waals surface area contributed by atoms with Gasteiger partial charge in [-0.05, 0) is 12.8 Å². The quantitative estimate of drug-likeness (QED) is 0.487. The van der Waals surface area contributed by atoms with Gasteiger partial charge >= 0.3 is 0 Å². The minimum atomic E-state index is -4.13. The van der Waals surface area contributed by atoms with Crippen LogP contribution in [0.5, 0.6) is 0 Å². The van der Waals surface area contributed by atoms with E-state index in [4.69, 9.17) is 4.55 Å². The third-order valence-corrected chi connectivity index (χ3v) is 3.48. The summed E-state index contributed by atoms with van der Waals surface area (Å²) in [5, 5.41) is -1.04. The molecule has 0 aromatic carbocycles. The number of rotatable bonds is 5. The number of thiol groups is 1. The molecule has 0 rings (SSSR count). The van der Waals surface area contributed by atoms with E-state index in [1.165, 1.54) is 13.8 Å². The molecule has 0 fully saturated rings. The molecule has 0 amide bonds. The molecule has 2 atom stereocenters. The molecular weight excluding hydrogens is 220 g/mol. The molecule has 6 nitrogen and oxygen atoms in total. The van der Waals surface area contributed by atoms with Gasteiger partial charge in [-0.1, -0.05) is 6.92 Å². The van der Waals surface area contributed by atoms with Crippen molar-refractivity contribution in [1.82, 2.24) is 0 Å². The summed E-state index contributed by atoms with van der Waals surface area (Å²) >= 11 is 0. The molecule has 1 N–H and O–H groups in total. The summed E-state index contributed by atoms with van der Waals surface area (Å²) in [6.45, 7) is 2.50. The van der Waals surface area contributed by atoms with Gasteiger partial charge in [-0.2, -0.15) is 8.42 Å². The average molecular weight is 232 g/mol. The molecule has 0 saturated heterocycles. The summed E-state index contributed by atoms with van der Waals surface area (Å²) in [6.07, 6.45) is 0. The second kappa shape index (κ2) is 4.89. The first-order valence-corrected chi connectivity index (χ1v) is 6.08. The van der Waals surface area contributed by atoms with Gasteiger partial charge in [0.15, 0.2) is 0 Å². The van der Waals surface area contributed by atoms with Crippen molar-refractivity contribution in [1.29, 1.82) is 0 Å². The van der Waals surface area contributed by atoms with E-state index in [2.05, 4.69) is 4.18 Å². The Kier molecular flexibility index (Phi) is 4.82. The zero-order valence-electron chi connectivity index (χ0n) is 7.21. The Morgan fingerprint density at radius 1 is 1.38 bits per heavy atom. The number of hydrogen-bond acceptors (Lipinski definition) is 5. The molecule has 0 aromatic rings. The molecule has 0 aliphatic rings. The van der Waals surface area contributed by atoms with E-state index in [0.717, 1.165) is 0 Å². The predicted molar refractivity (Wildman–Crippen MR) is 46.4 cm³/mol. The Morgan fingerprint density at radius 2 is 1.85 bits per heavy atom.